The van der Waals surface area contributed by atoms with Crippen molar-refractivity contribution in [3.63, 3.8) is 0 Å². The molecule has 0 N–H and O–H groups in total. The molecule has 96 valence electrons. The van der Waals surface area contributed by atoms with Gasteiger partial charge in [-0.25, -0.2) is 0 Å². The topological polar surface area (TPSA) is 38.7 Å². The summed E-state index contributed by atoms with van der Waals surface area (Å²) in [4.78, 5) is 16.6. The second kappa shape index (κ2) is 4.56. The first-order valence-electron chi connectivity index (χ1n) is 6.18. The van der Waals surface area contributed by atoms with Crippen LogP contribution in [-0.2, 0) is 16.0 Å². The maximum Gasteiger partial charge on any atom is 0.314 e. The molecule has 2 rings (SSSR count). The van der Waals surface area contributed by atoms with E-state index in [1.807, 2.05) is 24.3 Å². The van der Waals surface area contributed by atoms with Crippen LogP contribution in [0.15, 0.2) is 29.3 Å². The van der Waals surface area contributed by atoms with Crippen molar-refractivity contribution >= 4 is 17.4 Å². The number of aliphatic imine (C=N–C) groups is 1. The first-order valence-corrected chi connectivity index (χ1v) is 6.18. The summed E-state index contributed by atoms with van der Waals surface area (Å²) in [5, 5.41) is 0. The van der Waals surface area contributed by atoms with Gasteiger partial charge in [0.2, 0.25) is 0 Å². The van der Waals surface area contributed by atoms with Gasteiger partial charge in [0.1, 0.15) is 0 Å². The number of hydrogen-bond acceptors (Lipinski definition) is 3. The molecule has 0 radical (unpaired) electrons. The molecule has 0 amide bonds. The third kappa shape index (κ3) is 2.30. The molecule has 0 fully saturated rings. The van der Waals surface area contributed by atoms with Crippen molar-refractivity contribution in [2.24, 2.45) is 16.3 Å². The number of carbonyl (C=O) groups excluding carboxylic acids is 1. The molecule has 0 aromatic heterocycles. The van der Waals surface area contributed by atoms with Gasteiger partial charge in [-0.15, -0.1) is 0 Å². The Morgan fingerprint density at radius 2 is 2.00 bits per heavy atom. The van der Waals surface area contributed by atoms with Gasteiger partial charge in [0, 0.05) is 11.1 Å². The van der Waals surface area contributed by atoms with Gasteiger partial charge in [0.15, 0.2) is 0 Å². The van der Waals surface area contributed by atoms with Crippen LogP contribution in [0.5, 0.6) is 0 Å². The van der Waals surface area contributed by atoms with Crippen molar-refractivity contribution in [2.75, 3.05) is 7.11 Å². The summed E-state index contributed by atoms with van der Waals surface area (Å²) in [5.74, 6) is -0.455. The van der Waals surface area contributed by atoms with E-state index in [2.05, 4.69) is 25.8 Å². The predicted molar refractivity (Wildman–Crippen MR) is 72.2 cm³/mol. The van der Waals surface area contributed by atoms with Crippen LogP contribution in [0.2, 0.25) is 0 Å². The number of para-hydroxylation sites is 1. The molecule has 1 aromatic rings. The van der Waals surface area contributed by atoms with Gasteiger partial charge in [-0.2, -0.15) is 0 Å². The van der Waals surface area contributed by atoms with E-state index in [9.17, 15) is 4.79 Å². The molecular formula is C15H19NO2. The number of methoxy groups -OCH3 is 1. The zero-order valence-corrected chi connectivity index (χ0v) is 11.4. The lowest BCUT2D eigenvalue weighted by Crippen LogP contribution is -2.37. The lowest BCUT2D eigenvalue weighted by Gasteiger charge is -2.31. The fourth-order valence-electron chi connectivity index (χ4n) is 2.34. The van der Waals surface area contributed by atoms with Gasteiger partial charge in [0.05, 0.1) is 18.7 Å². The lowest BCUT2D eigenvalue weighted by atomic mass is 9.77. The van der Waals surface area contributed by atoms with Crippen molar-refractivity contribution in [2.45, 2.75) is 27.2 Å². The Labute approximate surface area is 108 Å². The Morgan fingerprint density at radius 3 is 2.61 bits per heavy atom. The fraction of sp³-hybridized carbons (Fsp3) is 0.467. The molecule has 1 aliphatic heterocycles. The molecule has 0 saturated heterocycles. The molecule has 1 aromatic carbocycles. The van der Waals surface area contributed by atoms with E-state index in [1.165, 1.54) is 7.11 Å². The molecule has 1 atom stereocenters. The van der Waals surface area contributed by atoms with Crippen LogP contribution in [0.25, 0.3) is 0 Å². The van der Waals surface area contributed by atoms with Gasteiger partial charge >= 0.3 is 5.97 Å². The van der Waals surface area contributed by atoms with Crippen molar-refractivity contribution in [3.05, 3.63) is 29.8 Å². The highest BCUT2D eigenvalue weighted by Crippen LogP contribution is 2.35. The summed E-state index contributed by atoms with van der Waals surface area (Å²) < 4.78 is 4.91. The molecular weight excluding hydrogens is 226 g/mol. The number of carbonyl (C=O) groups is 1. The van der Waals surface area contributed by atoms with E-state index in [0.717, 1.165) is 17.0 Å². The maximum absolute atomic E-state index is 11.9. The monoisotopic (exact) mass is 245 g/mol. The molecule has 0 aliphatic carbocycles. The molecule has 3 heteroatoms. The van der Waals surface area contributed by atoms with Crippen molar-refractivity contribution < 1.29 is 9.53 Å². The molecule has 1 aliphatic rings. The van der Waals surface area contributed by atoms with Crippen LogP contribution in [-0.4, -0.2) is 18.8 Å². The zero-order valence-electron chi connectivity index (χ0n) is 11.4. The van der Waals surface area contributed by atoms with Crippen LogP contribution in [0, 0.1) is 11.3 Å². The first kappa shape index (κ1) is 12.8. The SMILES string of the molecule is COC(=O)C1Cc2ccccc2N=C1C(C)(C)C. The minimum atomic E-state index is -0.259. The quantitative estimate of drug-likeness (QED) is 0.713. The molecule has 1 heterocycles. The smallest absolute Gasteiger partial charge is 0.314 e. The molecule has 0 spiro atoms. The van der Waals surface area contributed by atoms with E-state index < -0.39 is 0 Å². The summed E-state index contributed by atoms with van der Waals surface area (Å²) in [6, 6.07) is 7.97. The number of benzene rings is 1. The first-order chi connectivity index (χ1) is 8.43. The number of ether oxygens (including phenoxy) is 1. The Kier molecular flexibility index (Phi) is 3.24. The van der Waals surface area contributed by atoms with Crippen LogP contribution >= 0.6 is 0 Å². The predicted octanol–water partition coefficient (Wildman–Crippen LogP) is 3.15. The molecule has 1 unspecified atom stereocenters. The van der Waals surface area contributed by atoms with E-state index in [-0.39, 0.29) is 17.3 Å². The van der Waals surface area contributed by atoms with Crippen LogP contribution in [0.4, 0.5) is 5.69 Å². The van der Waals surface area contributed by atoms with Gasteiger partial charge in [0.25, 0.3) is 0 Å². The third-order valence-electron chi connectivity index (χ3n) is 3.24. The lowest BCUT2D eigenvalue weighted by molar-refractivity contribution is -0.143. The van der Waals surface area contributed by atoms with Gasteiger partial charge in [-0.3, -0.25) is 9.79 Å². The van der Waals surface area contributed by atoms with Gasteiger partial charge < -0.3 is 4.74 Å². The molecule has 0 saturated carbocycles. The summed E-state index contributed by atoms with van der Waals surface area (Å²) in [7, 11) is 1.43. The second-order valence-electron chi connectivity index (χ2n) is 5.66. The normalized spacial score (nSPS) is 18.9. The van der Waals surface area contributed by atoms with Gasteiger partial charge in [-0.1, -0.05) is 39.0 Å². The third-order valence-corrected chi connectivity index (χ3v) is 3.24. The summed E-state index contributed by atoms with van der Waals surface area (Å²) in [6.07, 6.45) is 0.680. The average molecular weight is 245 g/mol. The number of hydrogen-bond donors (Lipinski definition) is 0. The average Bonchev–Trinajstić information content (AvgIpc) is 2.35. The molecule has 18 heavy (non-hydrogen) atoms. The van der Waals surface area contributed by atoms with Crippen molar-refractivity contribution in [1.82, 2.24) is 0 Å². The highest BCUT2D eigenvalue weighted by atomic mass is 16.5. The van der Waals surface area contributed by atoms with E-state index >= 15 is 0 Å². The zero-order chi connectivity index (χ0) is 13.3. The van der Waals surface area contributed by atoms with Crippen LogP contribution < -0.4 is 0 Å². The Hall–Kier alpha value is -1.64. The maximum atomic E-state index is 11.9. The van der Waals surface area contributed by atoms with Crippen molar-refractivity contribution in [1.29, 1.82) is 0 Å². The Balaban J connectivity index is 2.49. The minimum Gasteiger partial charge on any atom is -0.469 e. The number of fused-ring (bicyclic) bond motifs is 1. The fourth-order valence-corrected chi connectivity index (χ4v) is 2.34. The highest BCUT2D eigenvalue weighted by molar-refractivity contribution is 6.07. The largest absolute Gasteiger partial charge is 0.469 e. The molecule has 0 bridgehead atoms. The second-order valence-corrected chi connectivity index (χ2v) is 5.66. The van der Waals surface area contributed by atoms with Crippen molar-refractivity contribution in [3.8, 4) is 0 Å². The summed E-state index contributed by atoms with van der Waals surface area (Å²) >= 11 is 0. The van der Waals surface area contributed by atoms with Crippen LogP contribution in [0.3, 0.4) is 0 Å². The van der Waals surface area contributed by atoms with E-state index in [4.69, 9.17) is 4.74 Å². The highest BCUT2D eigenvalue weighted by Gasteiger charge is 2.36. The number of rotatable bonds is 1. The van der Waals surface area contributed by atoms with Gasteiger partial charge in [-0.05, 0) is 18.1 Å². The van der Waals surface area contributed by atoms with E-state index in [0.29, 0.717) is 6.42 Å². The minimum absolute atomic E-state index is 0.133. The number of nitrogens with zero attached hydrogens (tertiary/aromatic N) is 1. The Morgan fingerprint density at radius 1 is 1.33 bits per heavy atom. The standard InChI is InChI=1S/C15H19NO2/c1-15(2,3)13-11(14(17)18-4)9-10-7-5-6-8-12(10)16-13/h5-8,11H,9H2,1-4H3. The van der Waals surface area contributed by atoms with Crippen LogP contribution in [0.1, 0.15) is 26.3 Å². The molecule has 3 nitrogen and oxygen atoms in total. The Bertz CT molecular complexity index is 497. The summed E-state index contributed by atoms with van der Waals surface area (Å²) in [6.45, 7) is 6.24. The van der Waals surface area contributed by atoms with E-state index in [1.54, 1.807) is 0 Å². The summed E-state index contributed by atoms with van der Waals surface area (Å²) in [5.41, 5.74) is 2.86. The number of esters is 1.